The molecular formula is C12H15NS. The van der Waals surface area contributed by atoms with E-state index in [1.807, 2.05) is 45.2 Å². The minimum absolute atomic E-state index is 1.11. The van der Waals surface area contributed by atoms with E-state index in [4.69, 9.17) is 0 Å². The highest BCUT2D eigenvalue weighted by Crippen LogP contribution is 2.22. The van der Waals surface area contributed by atoms with Crippen molar-refractivity contribution in [3.63, 3.8) is 0 Å². The van der Waals surface area contributed by atoms with E-state index in [-0.39, 0.29) is 0 Å². The number of allylic oxidation sites excluding steroid dienone is 6. The maximum Gasteiger partial charge on any atom is 0.0900 e. The van der Waals surface area contributed by atoms with Crippen molar-refractivity contribution < 1.29 is 0 Å². The van der Waals surface area contributed by atoms with Gasteiger partial charge in [-0.2, -0.15) is 0 Å². The second-order valence-corrected chi connectivity index (χ2v) is 4.13. The standard InChI is InChI=1S/C12H15NS/c1-4-6-8-11(7-5-2)12-9-13-10(3)14-12/h4-9H,1-3H3/b6-4-,7-5-,11-8+. The average molecular weight is 205 g/mol. The van der Waals surface area contributed by atoms with E-state index in [1.165, 1.54) is 10.5 Å². The van der Waals surface area contributed by atoms with Crippen LogP contribution in [-0.2, 0) is 0 Å². The van der Waals surface area contributed by atoms with Gasteiger partial charge in [-0.25, -0.2) is 4.98 Å². The first-order chi connectivity index (χ1) is 6.77. The minimum Gasteiger partial charge on any atom is -0.249 e. The Morgan fingerprint density at radius 1 is 1.36 bits per heavy atom. The van der Waals surface area contributed by atoms with Crippen LogP contribution in [0.3, 0.4) is 0 Å². The highest BCUT2D eigenvalue weighted by atomic mass is 32.1. The van der Waals surface area contributed by atoms with Gasteiger partial charge in [0.15, 0.2) is 0 Å². The molecule has 1 heterocycles. The third-order valence-electron chi connectivity index (χ3n) is 1.72. The van der Waals surface area contributed by atoms with E-state index in [2.05, 4.69) is 17.1 Å². The van der Waals surface area contributed by atoms with Crippen molar-refractivity contribution in [1.29, 1.82) is 0 Å². The zero-order valence-corrected chi connectivity index (χ0v) is 9.64. The Morgan fingerprint density at radius 3 is 2.64 bits per heavy atom. The molecule has 0 aromatic carbocycles. The number of hydrogen-bond acceptors (Lipinski definition) is 2. The van der Waals surface area contributed by atoms with Crippen LogP contribution in [0.15, 0.2) is 36.6 Å². The van der Waals surface area contributed by atoms with Crippen molar-refractivity contribution in [1.82, 2.24) is 4.98 Å². The first kappa shape index (κ1) is 10.9. The topological polar surface area (TPSA) is 12.9 Å². The van der Waals surface area contributed by atoms with Crippen molar-refractivity contribution in [3.05, 3.63) is 46.5 Å². The van der Waals surface area contributed by atoms with Crippen molar-refractivity contribution in [3.8, 4) is 0 Å². The fourth-order valence-corrected chi connectivity index (χ4v) is 1.88. The lowest BCUT2D eigenvalue weighted by molar-refractivity contribution is 1.29. The molecule has 0 saturated heterocycles. The molecule has 0 saturated carbocycles. The monoisotopic (exact) mass is 205 g/mol. The van der Waals surface area contributed by atoms with Gasteiger partial charge in [-0.3, -0.25) is 0 Å². The second-order valence-electron chi connectivity index (χ2n) is 2.89. The van der Waals surface area contributed by atoms with Gasteiger partial charge in [-0.15, -0.1) is 11.3 Å². The number of hydrogen-bond donors (Lipinski definition) is 0. The minimum atomic E-state index is 1.11. The van der Waals surface area contributed by atoms with Gasteiger partial charge >= 0.3 is 0 Å². The summed E-state index contributed by atoms with van der Waals surface area (Å²) in [4.78, 5) is 5.47. The van der Waals surface area contributed by atoms with Crippen molar-refractivity contribution in [2.45, 2.75) is 20.8 Å². The van der Waals surface area contributed by atoms with Gasteiger partial charge in [-0.1, -0.05) is 30.4 Å². The number of aromatic nitrogens is 1. The maximum atomic E-state index is 4.25. The van der Waals surface area contributed by atoms with E-state index in [0.717, 1.165) is 5.01 Å². The smallest absolute Gasteiger partial charge is 0.0900 e. The maximum absolute atomic E-state index is 4.25. The van der Waals surface area contributed by atoms with Crippen molar-refractivity contribution >= 4 is 16.9 Å². The molecule has 0 aliphatic carbocycles. The quantitative estimate of drug-likeness (QED) is 0.680. The molecule has 0 unspecified atom stereocenters. The van der Waals surface area contributed by atoms with Gasteiger partial charge in [0.05, 0.1) is 9.88 Å². The summed E-state index contributed by atoms with van der Waals surface area (Å²) < 4.78 is 0. The molecule has 1 aromatic rings. The molecule has 0 spiro atoms. The van der Waals surface area contributed by atoms with E-state index in [1.54, 1.807) is 11.3 Å². The van der Waals surface area contributed by atoms with Crippen LogP contribution in [-0.4, -0.2) is 4.98 Å². The summed E-state index contributed by atoms with van der Waals surface area (Å²) in [5.74, 6) is 0. The van der Waals surface area contributed by atoms with Crippen LogP contribution in [0.2, 0.25) is 0 Å². The Labute approximate surface area is 89.5 Å². The van der Waals surface area contributed by atoms with Gasteiger partial charge in [0.25, 0.3) is 0 Å². The normalized spacial score (nSPS) is 13.2. The van der Waals surface area contributed by atoms with E-state index in [0.29, 0.717) is 0 Å². The largest absolute Gasteiger partial charge is 0.249 e. The first-order valence-corrected chi connectivity index (χ1v) is 5.48. The molecule has 1 aromatic heterocycles. The lowest BCUT2D eigenvalue weighted by atomic mass is 10.2. The lowest BCUT2D eigenvalue weighted by Crippen LogP contribution is -1.72. The Balaban J connectivity index is 2.99. The third kappa shape index (κ3) is 2.96. The molecule has 1 rings (SSSR count). The predicted octanol–water partition coefficient (Wildman–Crippen LogP) is 3.99. The van der Waals surface area contributed by atoms with Crippen LogP contribution in [0.1, 0.15) is 23.7 Å². The molecule has 0 fully saturated rings. The van der Waals surface area contributed by atoms with Crippen molar-refractivity contribution in [2.75, 3.05) is 0 Å². The third-order valence-corrected chi connectivity index (χ3v) is 2.68. The van der Waals surface area contributed by atoms with Crippen LogP contribution in [0.4, 0.5) is 0 Å². The Morgan fingerprint density at radius 2 is 2.14 bits per heavy atom. The molecular weight excluding hydrogens is 190 g/mol. The average Bonchev–Trinajstić information content (AvgIpc) is 2.59. The Hall–Kier alpha value is -1.15. The predicted molar refractivity (Wildman–Crippen MR) is 64.5 cm³/mol. The molecule has 0 aliphatic rings. The number of nitrogens with zero attached hydrogens (tertiary/aromatic N) is 1. The van der Waals surface area contributed by atoms with Gasteiger partial charge in [-0.05, 0) is 26.3 Å². The van der Waals surface area contributed by atoms with Crippen LogP contribution in [0, 0.1) is 6.92 Å². The van der Waals surface area contributed by atoms with Gasteiger partial charge < -0.3 is 0 Å². The summed E-state index contributed by atoms with van der Waals surface area (Å²) in [7, 11) is 0. The molecule has 74 valence electrons. The SMILES string of the molecule is C\C=C/C=C(\C=C/C)c1cnc(C)s1. The van der Waals surface area contributed by atoms with Crippen molar-refractivity contribution in [2.24, 2.45) is 0 Å². The van der Waals surface area contributed by atoms with E-state index >= 15 is 0 Å². The second kappa shape index (κ2) is 5.55. The number of aryl methyl sites for hydroxylation is 1. The zero-order chi connectivity index (χ0) is 10.4. The fourth-order valence-electron chi connectivity index (χ4n) is 1.09. The highest BCUT2D eigenvalue weighted by Gasteiger charge is 2.00. The summed E-state index contributed by atoms with van der Waals surface area (Å²) in [6.07, 6.45) is 12.3. The van der Waals surface area contributed by atoms with Crippen LogP contribution in [0.5, 0.6) is 0 Å². The van der Waals surface area contributed by atoms with Gasteiger partial charge in [0.1, 0.15) is 0 Å². The summed E-state index contributed by atoms with van der Waals surface area (Å²) >= 11 is 1.72. The lowest BCUT2D eigenvalue weighted by Gasteiger charge is -1.94. The number of rotatable bonds is 3. The zero-order valence-electron chi connectivity index (χ0n) is 8.82. The first-order valence-electron chi connectivity index (χ1n) is 4.66. The Bertz CT molecular complexity index is 369. The van der Waals surface area contributed by atoms with Gasteiger partial charge in [0, 0.05) is 6.20 Å². The van der Waals surface area contributed by atoms with Crippen LogP contribution < -0.4 is 0 Å². The van der Waals surface area contributed by atoms with Crippen LogP contribution in [0.25, 0.3) is 5.57 Å². The highest BCUT2D eigenvalue weighted by molar-refractivity contribution is 7.12. The summed E-state index contributed by atoms with van der Waals surface area (Å²) in [6, 6.07) is 0. The fraction of sp³-hybridized carbons (Fsp3) is 0.250. The molecule has 0 amide bonds. The summed E-state index contributed by atoms with van der Waals surface area (Å²) in [5, 5.41) is 1.11. The summed E-state index contributed by atoms with van der Waals surface area (Å²) in [6.45, 7) is 6.07. The Kier molecular flexibility index (Phi) is 4.33. The number of thiazole rings is 1. The molecule has 0 N–H and O–H groups in total. The molecule has 0 bridgehead atoms. The van der Waals surface area contributed by atoms with E-state index < -0.39 is 0 Å². The van der Waals surface area contributed by atoms with Crippen LogP contribution >= 0.6 is 11.3 Å². The molecule has 0 atom stereocenters. The van der Waals surface area contributed by atoms with E-state index in [9.17, 15) is 0 Å². The molecule has 14 heavy (non-hydrogen) atoms. The molecule has 0 radical (unpaired) electrons. The summed E-state index contributed by atoms with van der Waals surface area (Å²) in [5.41, 5.74) is 1.22. The molecule has 1 nitrogen and oxygen atoms in total. The van der Waals surface area contributed by atoms with Gasteiger partial charge in [0.2, 0.25) is 0 Å². The molecule has 2 heteroatoms. The molecule has 0 aliphatic heterocycles.